The van der Waals surface area contributed by atoms with Gasteiger partial charge in [-0.25, -0.2) is 4.39 Å². The summed E-state index contributed by atoms with van der Waals surface area (Å²) < 4.78 is 25.5. The minimum atomic E-state index is -0.331. The largest absolute Gasteiger partial charge is 0.487 e. The lowest BCUT2D eigenvalue weighted by Gasteiger charge is -2.22. The van der Waals surface area contributed by atoms with Gasteiger partial charge in [-0.1, -0.05) is 0 Å². The van der Waals surface area contributed by atoms with E-state index in [2.05, 4.69) is 5.32 Å². The molecule has 4 rings (SSSR count). The fraction of sp³-hybridized carbons (Fsp3) is 0.429. The number of ketones is 1. The maximum absolute atomic E-state index is 14.2. The van der Waals surface area contributed by atoms with E-state index in [1.165, 1.54) is 30.4 Å². The molecule has 7 heteroatoms. The molecular formula is C21H22FNO4S. The number of halogens is 1. The van der Waals surface area contributed by atoms with Gasteiger partial charge in [0.25, 0.3) is 0 Å². The number of benzene rings is 1. The summed E-state index contributed by atoms with van der Waals surface area (Å²) >= 11 is 1.33. The fourth-order valence-electron chi connectivity index (χ4n) is 3.68. The van der Waals surface area contributed by atoms with Gasteiger partial charge in [0.1, 0.15) is 17.7 Å². The summed E-state index contributed by atoms with van der Waals surface area (Å²) in [6.07, 6.45) is 1.79. The second kappa shape index (κ2) is 8.01. The molecule has 148 valence electrons. The Hall–Kier alpha value is -2.25. The molecule has 1 amide bonds. The molecule has 0 aliphatic carbocycles. The Morgan fingerprint density at radius 3 is 2.75 bits per heavy atom. The van der Waals surface area contributed by atoms with Crippen molar-refractivity contribution < 1.29 is 23.5 Å². The lowest BCUT2D eigenvalue weighted by Crippen LogP contribution is -2.39. The van der Waals surface area contributed by atoms with Crippen LogP contribution in [0.3, 0.4) is 0 Å². The Labute approximate surface area is 166 Å². The maximum atomic E-state index is 14.2. The van der Waals surface area contributed by atoms with Crippen LogP contribution in [-0.2, 0) is 16.0 Å². The molecule has 0 saturated carbocycles. The Kier molecular flexibility index (Phi) is 5.46. The Morgan fingerprint density at radius 1 is 1.25 bits per heavy atom. The zero-order valence-corrected chi connectivity index (χ0v) is 16.4. The van der Waals surface area contributed by atoms with E-state index < -0.39 is 0 Å². The van der Waals surface area contributed by atoms with Crippen LogP contribution in [0.15, 0.2) is 24.3 Å². The van der Waals surface area contributed by atoms with Gasteiger partial charge >= 0.3 is 0 Å². The first-order valence-corrected chi connectivity index (χ1v) is 10.3. The predicted octanol–water partition coefficient (Wildman–Crippen LogP) is 3.60. The molecule has 3 heterocycles. The van der Waals surface area contributed by atoms with Crippen LogP contribution >= 0.6 is 11.3 Å². The number of carbonyl (C=O) groups excluding carboxylic acids is 2. The molecule has 0 unspecified atom stereocenters. The van der Waals surface area contributed by atoms with Crippen molar-refractivity contribution in [3.63, 3.8) is 0 Å². The third-order valence-corrected chi connectivity index (χ3v) is 6.40. The molecule has 0 bridgehead atoms. The summed E-state index contributed by atoms with van der Waals surface area (Å²) in [5.41, 5.74) is 1.45. The summed E-state index contributed by atoms with van der Waals surface area (Å²) in [6.45, 7) is 3.14. The highest BCUT2D eigenvalue weighted by Crippen LogP contribution is 2.42. The van der Waals surface area contributed by atoms with E-state index in [-0.39, 0.29) is 29.5 Å². The van der Waals surface area contributed by atoms with Crippen molar-refractivity contribution in [2.24, 2.45) is 5.92 Å². The van der Waals surface area contributed by atoms with Gasteiger partial charge in [-0.15, -0.1) is 11.3 Å². The van der Waals surface area contributed by atoms with Crippen molar-refractivity contribution in [2.75, 3.05) is 19.8 Å². The van der Waals surface area contributed by atoms with E-state index in [1.54, 1.807) is 6.07 Å². The van der Waals surface area contributed by atoms with Crippen LogP contribution in [0.4, 0.5) is 4.39 Å². The van der Waals surface area contributed by atoms with E-state index in [9.17, 15) is 14.0 Å². The van der Waals surface area contributed by atoms with Crippen LogP contribution in [0.2, 0.25) is 0 Å². The molecule has 2 aliphatic rings. The number of Topliss-reactive ketones (excluding diaryl/α,β-unsaturated/α-hetero) is 1. The van der Waals surface area contributed by atoms with Gasteiger partial charge in [-0.05, 0) is 44.0 Å². The van der Waals surface area contributed by atoms with Gasteiger partial charge in [0.15, 0.2) is 5.78 Å². The molecule has 1 fully saturated rings. The van der Waals surface area contributed by atoms with E-state index in [0.717, 1.165) is 23.3 Å². The van der Waals surface area contributed by atoms with E-state index in [4.69, 9.17) is 9.47 Å². The SMILES string of the molecule is CC(=O)c1ccc(-c2cc(F)cc3c2O[C@H](CNC(=O)C2CCOCC2)C3)s1. The van der Waals surface area contributed by atoms with Crippen LogP contribution < -0.4 is 10.1 Å². The molecule has 5 nitrogen and oxygen atoms in total. The topological polar surface area (TPSA) is 64.6 Å². The van der Waals surface area contributed by atoms with Gasteiger partial charge in [0.05, 0.1) is 11.4 Å². The lowest BCUT2D eigenvalue weighted by molar-refractivity contribution is -0.128. The van der Waals surface area contributed by atoms with Gasteiger partial charge in [-0.2, -0.15) is 0 Å². The second-order valence-electron chi connectivity index (χ2n) is 7.24. The van der Waals surface area contributed by atoms with Crippen molar-refractivity contribution in [1.82, 2.24) is 5.32 Å². The van der Waals surface area contributed by atoms with E-state index >= 15 is 0 Å². The van der Waals surface area contributed by atoms with Gasteiger partial charge in [0, 0.05) is 41.6 Å². The van der Waals surface area contributed by atoms with Crippen LogP contribution in [0, 0.1) is 11.7 Å². The zero-order chi connectivity index (χ0) is 19.7. The monoisotopic (exact) mass is 403 g/mol. The molecule has 1 aromatic heterocycles. The Morgan fingerprint density at radius 2 is 2.04 bits per heavy atom. The number of amides is 1. The highest BCUT2D eigenvalue weighted by Gasteiger charge is 2.29. The average Bonchev–Trinajstić information content (AvgIpc) is 3.33. The lowest BCUT2D eigenvalue weighted by atomic mass is 9.99. The molecule has 2 aromatic rings. The number of hydrogen-bond donors (Lipinski definition) is 1. The number of hydrogen-bond acceptors (Lipinski definition) is 5. The molecular weight excluding hydrogens is 381 g/mol. The van der Waals surface area contributed by atoms with E-state index in [0.29, 0.717) is 42.4 Å². The van der Waals surface area contributed by atoms with Gasteiger partial charge in [-0.3, -0.25) is 9.59 Å². The molecule has 1 aromatic carbocycles. The van der Waals surface area contributed by atoms with E-state index in [1.807, 2.05) is 6.07 Å². The molecule has 0 radical (unpaired) electrons. The molecule has 1 saturated heterocycles. The third-order valence-electron chi connectivity index (χ3n) is 5.18. The highest BCUT2D eigenvalue weighted by molar-refractivity contribution is 7.17. The highest BCUT2D eigenvalue weighted by atomic mass is 32.1. The van der Waals surface area contributed by atoms with Crippen molar-refractivity contribution in [2.45, 2.75) is 32.3 Å². The van der Waals surface area contributed by atoms with Gasteiger partial charge in [0.2, 0.25) is 5.91 Å². The minimum absolute atomic E-state index is 0.0124. The number of rotatable bonds is 5. The normalized spacial score (nSPS) is 19.1. The summed E-state index contributed by atoms with van der Waals surface area (Å²) in [7, 11) is 0. The first-order chi connectivity index (χ1) is 13.5. The molecule has 1 atom stereocenters. The molecule has 1 N–H and O–H groups in total. The second-order valence-corrected chi connectivity index (χ2v) is 8.32. The first kappa shape index (κ1) is 19.1. The number of nitrogens with one attached hydrogen (secondary N) is 1. The quantitative estimate of drug-likeness (QED) is 0.775. The molecule has 2 aliphatic heterocycles. The predicted molar refractivity (Wildman–Crippen MR) is 104 cm³/mol. The van der Waals surface area contributed by atoms with Crippen LogP contribution in [-0.4, -0.2) is 37.6 Å². The number of fused-ring (bicyclic) bond motifs is 1. The number of ether oxygens (including phenoxy) is 2. The van der Waals surface area contributed by atoms with Crippen LogP contribution in [0.1, 0.15) is 35.0 Å². The van der Waals surface area contributed by atoms with Crippen molar-refractivity contribution >= 4 is 23.0 Å². The molecule has 0 spiro atoms. The fourth-order valence-corrected chi connectivity index (χ4v) is 4.60. The summed E-state index contributed by atoms with van der Waals surface area (Å²) in [5.74, 6) is 0.310. The average molecular weight is 403 g/mol. The minimum Gasteiger partial charge on any atom is -0.487 e. The summed E-state index contributed by atoms with van der Waals surface area (Å²) in [6, 6.07) is 6.50. The maximum Gasteiger partial charge on any atom is 0.223 e. The summed E-state index contributed by atoms with van der Waals surface area (Å²) in [5, 5.41) is 2.97. The van der Waals surface area contributed by atoms with Crippen molar-refractivity contribution in [3.05, 3.63) is 40.5 Å². The Bertz CT molecular complexity index is 904. The van der Waals surface area contributed by atoms with Crippen molar-refractivity contribution in [3.8, 4) is 16.2 Å². The van der Waals surface area contributed by atoms with Crippen LogP contribution in [0.5, 0.6) is 5.75 Å². The smallest absolute Gasteiger partial charge is 0.223 e. The molecule has 28 heavy (non-hydrogen) atoms. The van der Waals surface area contributed by atoms with Gasteiger partial charge < -0.3 is 14.8 Å². The van der Waals surface area contributed by atoms with Crippen LogP contribution in [0.25, 0.3) is 10.4 Å². The Balaban J connectivity index is 1.46. The zero-order valence-electron chi connectivity index (χ0n) is 15.6. The standard InChI is InChI=1S/C21H22FNO4S/c1-12(24)18-2-3-19(28-18)17-10-15(22)8-14-9-16(27-20(14)17)11-23-21(25)13-4-6-26-7-5-13/h2-3,8,10,13,16H,4-7,9,11H2,1H3,(H,23,25)/t16-/m0/s1. The summed E-state index contributed by atoms with van der Waals surface area (Å²) in [4.78, 5) is 25.3. The third kappa shape index (κ3) is 3.95. The number of carbonyl (C=O) groups is 2. The number of thiophene rings is 1. The first-order valence-electron chi connectivity index (χ1n) is 9.47. The van der Waals surface area contributed by atoms with Crippen molar-refractivity contribution in [1.29, 1.82) is 0 Å².